The summed E-state index contributed by atoms with van der Waals surface area (Å²) in [6.07, 6.45) is 2.84. The molecule has 0 spiro atoms. The summed E-state index contributed by atoms with van der Waals surface area (Å²) in [6, 6.07) is 13.9. The molecule has 0 saturated carbocycles. The van der Waals surface area contributed by atoms with Crippen LogP contribution in [0.5, 0.6) is 11.5 Å². The van der Waals surface area contributed by atoms with Crippen LogP contribution in [0.1, 0.15) is 135 Å². The van der Waals surface area contributed by atoms with Crippen LogP contribution < -0.4 is 9.47 Å². The van der Waals surface area contributed by atoms with Gasteiger partial charge < -0.3 is 33.6 Å². The molecule has 7 atom stereocenters. The van der Waals surface area contributed by atoms with Gasteiger partial charge in [-0.15, -0.1) is 0 Å². The van der Waals surface area contributed by atoms with Gasteiger partial charge in [-0.1, -0.05) is 13.8 Å². The van der Waals surface area contributed by atoms with Crippen molar-refractivity contribution in [3.05, 3.63) is 58.7 Å². The zero-order valence-electron chi connectivity index (χ0n) is 35.6. The molecule has 6 rings (SSSR count). The van der Waals surface area contributed by atoms with Crippen molar-refractivity contribution in [2.24, 2.45) is 5.92 Å². The van der Waals surface area contributed by atoms with Gasteiger partial charge in [0.05, 0.1) is 72.3 Å². The van der Waals surface area contributed by atoms with Gasteiger partial charge in [0.1, 0.15) is 28.8 Å². The molecule has 15 heteroatoms. The van der Waals surface area contributed by atoms with E-state index >= 15 is 0 Å². The fraction of sp³-hybridized carbons (Fsp3) is 0.636. The molecule has 2 fully saturated rings. The molecule has 4 heterocycles. The van der Waals surface area contributed by atoms with Crippen LogP contribution >= 0.6 is 7.82 Å². The number of rotatable bonds is 16. The monoisotopic (exact) mass is 834 g/mol. The lowest BCUT2D eigenvalue weighted by atomic mass is 9.67. The largest absolute Gasteiger partial charge is 0.487 e. The molecule has 2 saturated heterocycles. The van der Waals surface area contributed by atoms with Crippen LogP contribution in [0.3, 0.4) is 0 Å². The van der Waals surface area contributed by atoms with Crippen molar-refractivity contribution in [3.8, 4) is 23.6 Å². The van der Waals surface area contributed by atoms with Crippen molar-refractivity contribution in [2.75, 3.05) is 32.9 Å². The van der Waals surface area contributed by atoms with Crippen LogP contribution in [0.4, 0.5) is 0 Å². The van der Waals surface area contributed by atoms with Gasteiger partial charge in [-0.25, -0.2) is 4.57 Å². The molecule has 1 N–H and O–H groups in total. The maximum absolute atomic E-state index is 13.5. The van der Waals surface area contributed by atoms with E-state index in [9.17, 15) is 29.6 Å². The highest BCUT2D eigenvalue weighted by atomic mass is 31.2. The van der Waals surface area contributed by atoms with Gasteiger partial charge in [-0.3, -0.25) is 18.6 Å². The summed E-state index contributed by atoms with van der Waals surface area (Å²) in [4.78, 5) is 41.0. The van der Waals surface area contributed by atoms with Crippen molar-refractivity contribution in [1.82, 2.24) is 9.80 Å². The fourth-order valence-corrected chi connectivity index (χ4v) is 10.6. The third-order valence-electron chi connectivity index (χ3n) is 12.7. The predicted octanol–water partition coefficient (Wildman–Crippen LogP) is 7.68. The molecule has 7 unspecified atom stereocenters. The van der Waals surface area contributed by atoms with E-state index in [2.05, 4.69) is 12.1 Å². The maximum Gasteiger partial charge on any atom is 0.472 e. The summed E-state index contributed by atoms with van der Waals surface area (Å²) in [5.74, 6) is 0.910. The first-order valence-corrected chi connectivity index (χ1v) is 22.3. The summed E-state index contributed by atoms with van der Waals surface area (Å²) in [5, 5.41) is 19.4. The molecule has 0 aromatic heterocycles. The van der Waals surface area contributed by atoms with Gasteiger partial charge in [0.25, 0.3) is 0 Å². The summed E-state index contributed by atoms with van der Waals surface area (Å²) >= 11 is 0. The molecule has 2 amide bonds. The first-order valence-electron chi connectivity index (χ1n) is 20.8. The highest BCUT2D eigenvalue weighted by molar-refractivity contribution is 7.47. The minimum atomic E-state index is -4.61. The minimum Gasteiger partial charge on any atom is -0.487 e. The maximum atomic E-state index is 13.5. The van der Waals surface area contributed by atoms with E-state index in [1.165, 1.54) is 0 Å². The van der Waals surface area contributed by atoms with E-state index in [0.717, 1.165) is 12.0 Å². The summed E-state index contributed by atoms with van der Waals surface area (Å²) in [6.45, 7) is 16.3. The molecule has 4 aliphatic rings. The number of nitriles is 2. The topological polar surface area (TPSA) is 181 Å². The minimum absolute atomic E-state index is 0.0157. The van der Waals surface area contributed by atoms with Gasteiger partial charge in [-0.05, 0) is 104 Å². The second-order valence-electron chi connectivity index (χ2n) is 17.6. The number of hydrogen-bond donors (Lipinski definition) is 1. The molecule has 2 aromatic carbocycles. The lowest BCUT2D eigenvalue weighted by Gasteiger charge is -2.54. The average Bonchev–Trinajstić information content (AvgIpc) is 3.81. The quantitative estimate of drug-likeness (QED) is 0.129. The number of nitrogens with zero attached hydrogens (tertiary/aromatic N) is 4. The van der Waals surface area contributed by atoms with Crippen molar-refractivity contribution < 1.29 is 47.0 Å². The van der Waals surface area contributed by atoms with Gasteiger partial charge >= 0.3 is 7.82 Å². The number of ether oxygens (including phenoxy) is 4. The van der Waals surface area contributed by atoms with Crippen LogP contribution in [0.25, 0.3) is 0 Å². The molecule has 2 aromatic rings. The Kier molecular flexibility index (Phi) is 13.0. The van der Waals surface area contributed by atoms with Crippen LogP contribution in [0.2, 0.25) is 0 Å². The van der Waals surface area contributed by atoms with Crippen molar-refractivity contribution in [1.29, 1.82) is 10.5 Å². The third kappa shape index (κ3) is 9.19. The first-order chi connectivity index (χ1) is 27.8. The van der Waals surface area contributed by atoms with Crippen LogP contribution in [0, 0.1) is 28.6 Å². The molecule has 0 bridgehead atoms. The Hall–Kier alpha value is -4.01. The van der Waals surface area contributed by atoms with Gasteiger partial charge in [0, 0.05) is 43.5 Å². The number of benzene rings is 2. The van der Waals surface area contributed by atoms with Gasteiger partial charge in [0.15, 0.2) is 0 Å². The van der Waals surface area contributed by atoms with E-state index in [1.807, 2.05) is 59.4 Å². The normalized spacial score (nSPS) is 26.3. The summed E-state index contributed by atoms with van der Waals surface area (Å²) < 4.78 is 50.9. The van der Waals surface area contributed by atoms with Crippen LogP contribution in [0.15, 0.2) is 36.4 Å². The Morgan fingerprint density at radius 2 is 1.37 bits per heavy atom. The Morgan fingerprint density at radius 1 is 0.831 bits per heavy atom. The smallest absolute Gasteiger partial charge is 0.472 e. The fourth-order valence-electron chi connectivity index (χ4n) is 9.47. The lowest BCUT2D eigenvalue weighted by Crippen LogP contribution is -2.59. The van der Waals surface area contributed by atoms with Gasteiger partial charge in [-0.2, -0.15) is 10.5 Å². The molecule has 59 heavy (non-hydrogen) atoms. The zero-order valence-corrected chi connectivity index (χ0v) is 36.5. The van der Waals surface area contributed by atoms with Crippen LogP contribution in [-0.4, -0.2) is 87.9 Å². The molecule has 0 radical (unpaired) electrons. The average molecular weight is 835 g/mol. The van der Waals surface area contributed by atoms with E-state index in [-0.39, 0.29) is 44.0 Å². The number of phosphoric acid groups is 1. The van der Waals surface area contributed by atoms with Crippen molar-refractivity contribution in [3.63, 3.8) is 0 Å². The summed E-state index contributed by atoms with van der Waals surface area (Å²) in [5.41, 5.74) is -1.22. The van der Waals surface area contributed by atoms with Crippen molar-refractivity contribution >= 4 is 19.6 Å². The SMILES string of the molecule is CCC(C)(CCOC(C)(CC)C1C(N2CCCC2=O)c2cc(C#N)ccc2OC1(C)C)OP(=O)(O)OCCOC1C(N2CCCC2=O)c2cc(C#N)ccc2OC1(C)C. The molecule has 4 aliphatic heterocycles. The third-order valence-corrected chi connectivity index (χ3v) is 13.9. The van der Waals surface area contributed by atoms with Crippen LogP contribution in [-0.2, 0) is 32.7 Å². The Balaban J connectivity index is 1.12. The number of amides is 2. The van der Waals surface area contributed by atoms with E-state index in [0.29, 0.717) is 73.4 Å². The molecular weight excluding hydrogens is 775 g/mol. The molecular formula is C44H59N4O10P. The zero-order chi connectivity index (χ0) is 43.0. The highest BCUT2D eigenvalue weighted by Crippen LogP contribution is 2.54. The number of fused-ring (bicyclic) bond motifs is 2. The summed E-state index contributed by atoms with van der Waals surface area (Å²) in [7, 11) is -4.61. The molecule has 0 aliphatic carbocycles. The molecule has 320 valence electrons. The number of phosphoric ester groups is 1. The van der Waals surface area contributed by atoms with Gasteiger partial charge in [0.2, 0.25) is 11.8 Å². The number of carbonyl (C=O) groups is 2. The Labute approximate surface area is 348 Å². The number of hydrogen-bond acceptors (Lipinski definition) is 11. The Morgan fingerprint density at radius 3 is 1.88 bits per heavy atom. The Bertz CT molecular complexity index is 2050. The first kappa shape index (κ1) is 44.5. The second kappa shape index (κ2) is 17.2. The molecule has 14 nitrogen and oxygen atoms in total. The highest BCUT2D eigenvalue weighted by Gasteiger charge is 2.56. The predicted molar refractivity (Wildman–Crippen MR) is 217 cm³/mol. The van der Waals surface area contributed by atoms with Crippen molar-refractivity contribution in [2.45, 2.75) is 141 Å². The standard InChI is InChI=1S/C44H59N4O10P/c1-9-43(7,19-22-54-44(8,10-2)39-37(47-20-11-13-35(47)49)31-25-29(27-45)15-17-33(31)56-41(39,3)4)58-59(51,52)55-24-23-53-40-38(48-21-12-14-36(48)50)32-26-30(28-46)16-18-34(32)57-42(40,5)6/h15-18,25-26,37-40H,9-14,19-24H2,1-8H3,(H,51,52). The lowest BCUT2D eigenvalue weighted by molar-refractivity contribution is -0.173. The number of likely N-dealkylation sites (tertiary alicyclic amines) is 2. The van der Waals surface area contributed by atoms with E-state index < -0.39 is 48.4 Å². The number of carbonyl (C=O) groups excluding carboxylic acids is 2. The van der Waals surface area contributed by atoms with E-state index in [1.54, 1.807) is 42.2 Å². The van der Waals surface area contributed by atoms with E-state index in [4.69, 9.17) is 28.0 Å². The second-order valence-corrected chi connectivity index (χ2v) is 19.0.